The first-order valence-electron chi connectivity index (χ1n) is 8.20. The Morgan fingerprint density at radius 1 is 1.38 bits per heavy atom. The molecule has 2 heterocycles. The number of fused-ring (bicyclic) bond motifs is 1. The van der Waals surface area contributed by atoms with Crippen molar-refractivity contribution < 1.29 is 14.3 Å². The Morgan fingerprint density at radius 3 is 2.88 bits per heavy atom. The molecule has 1 N–H and O–H groups in total. The molecule has 6 nitrogen and oxygen atoms in total. The molecule has 0 aromatic carbocycles. The molecule has 0 bridgehead atoms. The van der Waals surface area contributed by atoms with Crippen molar-refractivity contribution in [2.75, 3.05) is 12.4 Å². The summed E-state index contributed by atoms with van der Waals surface area (Å²) in [5.74, 6) is -1.02. The zero-order valence-corrected chi connectivity index (χ0v) is 15.1. The lowest BCUT2D eigenvalue weighted by Gasteiger charge is -2.11. The Kier molecular flexibility index (Phi) is 5.44. The number of thiophene rings is 1. The summed E-state index contributed by atoms with van der Waals surface area (Å²) < 4.78 is 4.89. The van der Waals surface area contributed by atoms with Gasteiger partial charge in [0.05, 0.1) is 12.7 Å². The van der Waals surface area contributed by atoms with Gasteiger partial charge >= 0.3 is 5.97 Å². The van der Waals surface area contributed by atoms with Crippen LogP contribution < -0.4 is 5.32 Å². The average Bonchev–Trinajstić information content (AvgIpc) is 3.04. The molecule has 0 unspecified atom stereocenters. The van der Waals surface area contributed by atoms with E-state index in [0.717, 1.165) is 36.1 Å². The van der Waals surface area contributed by atoms with Crippen LogP contribution in [0.4, 0.5) is 5.00 Å². The number of carbonyl (C=O) groups is 2. The quantitative estimate of drug-likeness (QED) is 0.508. The largest absolute Gasteiger partial charge is 0.465 e. The molecule has 0 radical (unpaired) electrons. The Bertz CT molecular complexity index is 910. The fourth-order valence-electron chi connectivity index (χ4n) is 2.92. The molecule has 0 atom stereocenters. The van der Waals surface area contributed by atoms with Crippen molar-refractivity contribution in [1.29, 1.82) is 5.26 Å². The van der Waals surface area contributed by atoms with E-state index in [1.807, 2.05) is 6.07 Å². The minimum atomic E-state index is -0.555. The number of hydrogen-bond donors (Lipinski definition) is 1. The van der Waals surface area contributed by atoms with Crippen LogP contribution in [0.5, 0.6) is 0 Å². The van der Waals surface area contributed by atoms with Gasteiger partial charge in [-0.3, -0.25) is 9.78 Å². The van der Waals surface area contributed by atoms with Gasteiger partial charge < -0.3 is 10.1 Å². The molecule has 3 rings (SSSR count). The number of aromatic nitrogens is 1. The monoisotopic (exact) mass is 367 g/mol. The number of anilines is 1. The molecule has 1 amide bonds. The van der Waals surface area contributed by atoms with Crippen molar-refractivity contribution in [3.63, 3.8) is 0 Å². The van der Waals surface area contributed by atoms with Gasteiger partial charge in [-0.1, -0.05) is 6.07 Å². The fourth-order valence-corrected chi connectivity index (χ4v) is 4.19. The molecular formula is C19H17N3O3S. The van der Waals surface area contributed by atoms with Gasteiger partial charge in [-0.05, 0) is 49.0 Å². The molecular weight excluding hydrogens is 350 g/mol. The summed E-state index contributed by atoms with van der Waals surface area (Å²) in [6.45, 7) is 0. The highest BCUT2D eigenvalue weighted by atomic mass is 32.1. The number of aryl methyl sites for hydroxylation is 1. The van der Waals surface area contributed by atoms with Gasteiger partial charge in [-0.25, -0.2) is 4.79 Å². The number of ether oxygens (including phenoxy) is 1. The first-order valence-corrected chi connectivity index (χ1v) is 9.01. The highest BCUT2D eigenvalue weighted by molar-refractivity contribution is 7.17. The number of esters is 1. The second-order valence-electron chi connectivity index (χ2n) is 5.82. The average molecular weight is 367 g/mol. The second kappa shape index (κ2) is 7.93. The van der Waals surface area contributed by atoms with Crippen molar-refractivity contribution >= 4 is 34.3 Å². The standard InChI is InChI=1S/C19H17N3O3S/c1-25-19(24)16-14-6-2-3-7-15(14)26-18(16)22-17(23)13(10-20)9-12-5-4-8-21-11-12/h4-5,8-9,11H,2-3,6-7H2,1H3,(H,22,23)/b13-9+. The van der Waals surface area contributed by atoms with Crippen molar-refractivity contribution in [3.05, 3.63) is 51.7 Å². The van der Waals surface area contributed by atoms with E-state index >= 15 is 0 Å². The number of nitrogens with zero attached hydrogens (tertiary/aromatic N) is 2. The molecule has 0 fully saturated rings. The number of methoxy groups -OCH3 is 1. The molecule has 1 aliphatic rings. The minimum Gasteiger partial charge on any atom is -0.465 e. The van der Waals surface area contributed by atoms with Gasteiger partial charge in [-0.15, -0.1) is 11.3 Å². The summed E-state index contributed by atoms with van der Waals surface area (Å²) in [5.41, 5.74) is 1.97. The van der Waals surface area contributed by atoms with E-state index in [1.165, 1.54) is 24.5 Å². The van der Waals surface area contributed by atoms with Crippen LogP contribution in [-0.4, -0.2) is 24.0 Å². The van der Waals surface area contributed by atoms with Crippen LogP contribution in [0.1, 0.15) is 39.2 Å². The topological polar surface area (TPSA) is 92.1 Å². The van der Waals surface area contributed by atoms with Crippen LogP contribution in [0.15, 0.2) is 30.1 Å². The highest BCUT2D eigenvalue weighted by Crippen LogP contribution is 2.38. The van der Waals surface area contributed by atoms with Crippen molar-refractivity contribution in [2.45, 2.75) is 25.7 Å². The van der Waals surface area contributed by atoms with Crippen LogP contribution in [0, 0.1) is 11.3 Å². The zero-order chi connectivity index (χ0) is 18.5. The van der Waals surface area contributed by atoms with E-state index in [9.17, 15) is 14.9 Å². The second-order valence-corrected chi connectivity index (χ2v) is 6.92. The van der Waals surface area contributed by atoms with E-state index in [1.54, 1.807) is 24.5 Å². The number of rotatable bonds is 4. The Morgan fingerprint density at radius 2 is 2.19 bits per heavy atom. The molecule has 0 saturated heterocycles. The lowest BCUT2D eigenvalue weighted by molar-refractivity contribution is -0.112. The summed E-state index contributed by atoms with van der Waals surface area (Å²) in [6.07, 6.45) is 8.39. The van der Waals surface area contributed by atoms with Gasteiger partial charge in [0.15, 0.2) is 0 Å². The molecule has 0 aliphatic heterocycles. The third-order valence-electron chi connectivity index (χ3n) is 4.15. The number of hydrogen-bond acceptors (Lipinski definition) is 6. The maximum absolute atomic E-state index is 12.6. The van der Waals surface area contributed by atoms with Gasteiger partial charge in [0.1, 0.15) is 16.6 Å². The predicted octanol–water partition coefficient (Wildman–Crippen LogP) is 3.35. The van der Waals surface area contributed by atoms with Crippen LogP contribution in [0.2, 0.25) is 0 Å². The molecule has 26 heavy (non-hydrogen) atoms. The van der Waals surface area contributed by atoms with Gasteiger partial charge in [0.2, 0.25) is 0 Å². The zero-order valence-electron chi connectivity index (χ0n) is 14.2. The molecule has 0 spiro atoms. The number of nitrogens with one attached hydrogen (secondary N) is 1. The first-order chi connectivity index (χ1) is 12.6. The lowest BCUT2D eigenvalue weighted by Crippen LogP contribution is -2.16. The fraction of sp³-hybridized carbons (Fsp3) is 0.263. The first kappa shape index (κ1) is 17.8. The van der Waals surface area contributed by atoms with Crippen molar-refractivity contribution in [3.8, 4) is 6.07 Å². The van der Waals surface area contributed by atoms with Crippen molar-refractivity contribution in [2.24, 2.45) is 0 Å². The van der Waals surface area contributed by atoms with E-state index in [-0.39, 0.29) is 5.57 Å². The van der Waals surface area contributed by atoms with E-state index in [4.69, 9.17) is 4.74 Å². The summed E-state index contributed by atoms with van der Waals surface area (Å²) >= 11 is 1.39. The number of nitriles is 1. The molecule has 2 aromatic heterocycles. The van der Waals surface area contributed by atoms with Crippen LogP contribution >= 0.6 is 11.3 Å². The van der Waals surface area contributed by atoms with Crippen LogP contribution in [0.3, 0.4) is 0 Å². The molecule has 0 saturated carbocycles. The SMILES string of the molecule is COC(=O)c1c(NC(=O)/C(C#N)=C/c2cccnc2)sc2c1CCCC2. The Labute approximate surface area is 155 Å². The highest BCUT2D eigenvalue weighted by Gasteiger charge is 2.27. The Hall–Kier alpha value is -2.98. The third-order valence-corrected chi connectivity index (χ3v) is 5.36. The molecule has 1 aliphatic carbocycles. The summed E-state index contributed by atoms with van der Waals surface area (Å²) in [6, 6.07) is 5.38. The van der Waals surface area contributed by atoms with Crippen LogP contribution in [-0.2, 0) is 22.4 Å². The van der Waals surface area contributed by atoms with Gasteiger partial charge in [0, 0.05) is 17.3 Å². The van der Waals surface area contributed by atoms with Crippen LogP contribution in [0.25, 0.3) is 6.08 Å². The number of pyridine rings is 1. The van der Waals surface area contributed by atoms with E-state index < -0.39 is 11.9 Å². The number of carbonyl (C=O) groups excluding carboxylic acids is 2. The lowest BCUT2D eigenvalue weighted by atomic mass is 9.95. The normalized spacial score (nSPS) is 13.5. The molecule has 2 aromatic rings. The van der Waals surface area contributed by atoms with Gasteiger partial charge in [-0.2, -0.15) is 5.26 Å². The predicted molar refractivity (Wildman–Crippen MR) is 98.8 cm³/mol. The third kappa shape index (κ3) is 3.65. The maximum Gasteiger partial charge on any atom is 0.341 e. The Balaban J connectivity index is 1.91. The number of amides is 1. The summed E-state index contributed by atoms with van der Waals surface area (Å²) in [7, 11) is 1.32. The van der Waals surface area contributed by atoms with E-state index in [2.05, 4.69) is 10.3 Å². The van der Waals surface area contributed by atoms with Gasteiger partial charge in [0.25, 0.3) is 5.91 Å². The minimum absolute atomic E-state index is 0.0554. The van der Waals surface area contributed by atoms with E-state index in [0.29, 0.717) is 16.1 Å². The summed E-state index contributed by atoms with van der Waals surface area (Å²) in [5, 5.41) is 12.5. The molecule has 7 heteroatoms. The molecule has 132 valence electrons. The smallest absolute Gasteiger partial charge is 0.341 e. The van der Waals surface area contributed by atoms with Crippen molar-refractivity contribution in [1.82, 2.24) is 4.98 Å². The summed E-state index contributed by atoms with van der Waals surface area (Å²) in [4.78, 5) is 29.8. The maximum atomic E-state index is 12.6.